The first-order chi connectivity index (χ1) is 12.0. The molecule has 0 fully saturated rings. The van der Waals surface area contributed by atoms with Crippen LogP contribution in [0.25, 0.3) is 0 Å². The molecule has 0 aliphatic heterocycles. The van der Waals surface area contributed by atoms with Crippen molar-refractivity contribution in [1.82, 2.24) is 14.8 Å². The van der Waals surface area contributed by atoms with Gasteiger partial charge >= 0.3 is 0 Å². The van der Waals surface area contributed by atoms with Crippen LogP contribution in [0.1, 0.15) is 22.0 Å². The van der Waals surface area contributed by atoms with Gasteiger partial charge in [-0.15, -0.1) is 0 Å². The van der Waals surface area contributed by atoms with Gasteiger partial charge in [0, 0.05) is 29.1 Å². The Bertz CT molecular complexity index is 877. The van der Waals surface area contributed by atoms with Crippen molar-refractivity contribution in [3.8, 4) is 0 Å². The molecule has 25 heavy (non-hydrogen) atoms. The van der Waals surface area contributed by atoms with Crippen molar-refractivity contribution >= 4 is 23.1 Å². The highest BCUT2D eigenvalue weighted by Crippen LogP contribution is 2.22. The normalized spacial score (nSPS) is 11.9. The fraction of sp³-hybridized carbons (Fsp3) is 0.118. The summed E-state index contributed by atoms with van der Waals surface area (Å²) in [6, 6.07) is 12.1. The third-order valence-electron chi connectivity index (χ3n) is 3.76. The third kappa shape index (κ3) is 3.89. The van der Waals surface area contributed by atoms with E-state index in [9.17, 15) is 14.9 Å². The molecule has 0 aliphatic rings. The van der Waals surface area contributed by atoms with Crippen LogP contribution in [-0.2, 0) is 6.42 Å². The number of hydrogen-bond acceptors (Lipinski definition) is 5. The van der Waals surface area contributed by atoms with Crippen molar-refractivity contribution in [2.75, 3.05) is 0 Å². The quantitative estimate of drug-likeness (QED) is 0.383. The number of hydrogen-bond donors (Lipinski definition) is 0. The minimum Gasteiger partial charge on any atom is -0.292 e. The van der Waals surface area contributed by atoms with E-state index in [0.29, 0.717) is 17.0 Å². The largest absolute Gasteiger partial charge is 0.292 e. The van der Waals surface area contributed by atoms with Crippen LogP contribution in [0.5, 0.6) is 0 Å². The first-order valence-electron chi connectivity index (χ1n) is 7.42. The van der Waals surface area contributed by atoms with Crippen LogP contribution in [0.4, 0.5) is 5.69 Å². The molecule has 0 saturated heterocycles. The highest BCUT2D eigenvalue weighted by Gasteiger charge is 2.23. The van der Waals surface area contributed by atoms with Gasteiger partial charge in [0.25, 0.3) is 5.69 Å². The first-order valence-corrected chi connectivity index (χ1v) is 7.79. The van der Waals surface area contributed by atoms with Crippen LogP contribution in [0.2, 0.25) is 5.02 Å². The van der Waals surface area contributed by atoms with Crippen molar-refractivity contribution in [3.05, 3.63) is 87.4 Å². The number of benzene rings is 2. The summed E-state index contributed by atoms with van der Waals surface area (Å²) in [5, 5.41) is 15.4. The lowest BCUT2D eigenvalue weighted by Gasteiger charge is -2.16. The maximum Gasteiger partial charge on any atom is 0.269 e. The highest BCUT2D eigenvalue weighted by atomic mass is 35.5. The number of nitrogens with zero attached hydrogens (tertiary/aromatic N) is 4. The second-order valence-corrected chi connectivity index (χ2v) is 5.83. The Morgan fingerprint density at radius 1 is 1.16 bits per heavy atom. The van der Waals surface area contributed by atoms with E-state index in [1.165, 1.54) is 29.5 Å². The van der Waals surface area contributed by atoms with E-state index >= 15 is 0 Å². The number of rotatable bonds is 6. The summed E-state index contributed by atoms with van der Waals surface area (Å²) in [5.74, 6) is -0.138. The molecule has 0 amide bonds. The van der Waals surface area contributed by atoms with Gasteiger partial charge in [-0.2, -0.15) is 5.10 Å². The van der Waals surface area contributed by atoms with Crippen LogP contribution < -0.4 is 0 Å². The summed E-state index contributed by atoms with van der Waals surface area (Å²) >= 11 is 5.87. The Labute approximate surface area is 148 Å². The highest BCUT2D eigenvalue weighted by molar-refractivity contribution is 6.30. The van der Waals surface area contributed by atoms with Gasteiger partial charge < -0.3 is 0 Å². The van der Waals surface area contributed by atoms with Gasteiger partial charge in [-0.1, -0.05) is 23.7 Å². The van der Waals surface area contributed by atoms with E-state index in [1.807, 2.05) is 0 Å². The lowest BCUT2D eigenvalue weighted by molar-refractivity contribution is -0.384. The summed E-state index contributed by atoms with van der Waals surface area (Å²) in [6.07, 6.45) is 3.17. The number of halogens is 1. The molecule has 1 unspecified atom stereocenters. The number of non-ortho nitro benzene ring substituents is 1. The molecule has 0 spiro atoms. The van der Waals surface area contributed by atoms with Crippen molar-refractivity contribution in [1.29, 1.82) is 0 Å². The molecule has 0 aliphatic carbocycles. The number of nitro groups is 1. The molecular weight excluding hydrogens is 344 g/mol. The van der Waals surface area contributed by atoms with Crippen molar-refractivity contribution in [2.45, 2.75) is 12.5 Å². The number of aromatic nitrogens is 3. The first kappa shape index (κ1) is 16.8. The Morgan fingerprint density at radius 2 is 1.84 bits per heavy atom. The number of ketones is 1. The predicted molar refractivity (Wildman–Crippen MR) is 91.6 cm³/mol. The summed E-state index contributed by atoms with van der Waals surface area (Å²) in [7, 11) is 0. The van der Waals surface area contributed by atoms with Gasteiger partial charge in [0.05, 0.1) is 4.92 Å². The molecule has 3 rings (SSSR count). The van der Waals surface area contributed by atoms with E-state index < -0.39 is 11.0 Å². The van der Waals surface area contributed by atoms with Gasteiger partial charge in [0.2, 0.25) is 0 Å². The monoisotopic (exact) mass is 356 g/mol. The molecule has 126 valence electrons. The molecule has 7 nitrogen and oxygen atoms in total. The fourth-order valence-electron chi connectivity index (χ4n) is 2.47. The molecule has 8 heteroatoms. The summed E-state index contributed by atoms with van der Waals surface area (Å²) < 4.78 is 1.48. The molecular formula is C17H13ClN4O3. The average molecular weight is 357 g/mol. The van der Waals surface area contributed by atoms with Gasteiger partial charge in [-0.3, -0.25) is 14.9 Å². The van der Waals surface area contributed by atoms with Gasteiger partial charge in [-0.05, 0) is 29.8 Å². The molecule has 1 heterocycles. The zero-order chi connectivity index (χ0) is 17.8. The fourth-order valence-corrected chi connectivity index (χ4v) is 2.59. The van der Waals surface area contributed by atoms with Crippen molar-refractivity contribution in [2.24, 2.45) is 0 Å². The Balaban J connectivity index is 1.89. The van der Waals surface area contributed by atoms with Crippen LogP contribution in [0.3, 0.4) is 0 Å². The number of nitro benzene ring substituents is 1. The number of carbonyl (C=O) groups excluding carboxylic acids is 1. The molecule has 1 atom stereocenters. The third-order valence-corrected chi connectivity index (χ3v) is 4.02. The van der Waals surface area contributed by atoms with Gasteiger partial charge in [-0.25, -0.2) is 9.67 Å². The molecule has 0 N–H and O–H groups in total. The summed E-state index contributed by atoms with van der Waals surface area (Å²) in [6.45, 7) is 0. The molecule has 2 aromatic carbocycles. The lowest BCUT2D eigenvalue weighted by Crippen LogP contribution is -2.22. The predicted octanol–water partition coefficient (Wildman–Crippen LogP) is 3.51. The smallest absolute Gasteiger partial charge is 0.269 e. The average Bonchev–Trinajstić information content (AvgIpc) is 3.14. The van der Waals surface area contributed by atoms with Crippen LogP contribution in [0.15, 0.2) is 61.2 Å². The van der Waals surface area contributed by atoms with Gasteiger partial charge in [0.15, 0.2) is 5.78 Å². The van der Waals surface area contributed by atoms with Crippen LogP contribution in [0, 0.1) is 10.1 Å². The van der Waals surface area contributed by atoms with Crippen LogP contribution in [-0.4, -0.2) is 25.5 Å². The van der Waals surface area contributed by atoms with E-state index in [4.69, 9.17) is 11.6 Å². The van der Waals surface area contributed by atoms with E-state index in [1.54, 1.807) is 36.4 Å². The summed E-state index contributed by atoms with van der Waals surface area (Å²) in [4.78, 5) is 27.1. The molecule has 0 radical (unpaired) electrons. The molecule has 0 saturated carbocycles. The number of Topliss-reactive ketones (excluding diaryl/α,β-unsaturated/α-hetero) is 1. The summed E-state index contributed by atoms with van der Waals surface area (Å²) in [5.41, 5.74) is 1.30. The Morgan fingerprint density at radius 3 is 2.40 bits per heavy atom. The SMILES string of the molecule is O=C(c1ccc(Cl)cc1)C(Cc1ccc([N+](=O)[O-])cc1)n1cncn1. The zero-order valence-corrected chi connectivity index (χ0v) is 13.7. The second-order valence-electron chi connectivity index (χ2n) is 5.39. The molecule has 0 bridgehead atoms. The van der Waals surface area contributed by atoms with E-state index in [0.717, 1.165) is 5.56 Å². The maximum atomic E-state index is 12.9. The van der Waals surface area contributed by atoms with Crippen molar-refractivity contribution < 1.29 is 9.72 Å². The Kier molecular flexibility index (Phi) is 4.85. The minimum absolute atomic E-state index is 0.00471. The van der Waals surface area contributed by atoms with E-state index in [-0.39, 0.29) is 11.5 Å². The minimum atomic E-state index is -0.606. The van der Waals surface area contributed by atoms with Crippen LogP contribution >= 0.6 is 11.6 Å². The second kappa shape index (κ2) is 7.23. The van der Waals surface area contributed by atoms with Gasteiger partial charge in [0.1, 0.15) is 18.7 Å². The Hall–Kier alpha value is -3.06. The van der Waals surface area contributed by atoms with E-state index in [2.05, 4.69) is 10.1 Å². The van der Waals surface area contributed by atoms with Crippen molar-refractivity contribution in [3.63, 3.8) is 0 Å². The molecule has 3 aromatic rings. The zero-order valence-electron chi connectivity index (χ0n) is 12.9. The standard InChI is InChI=1S/C17H13ClN4O3/c18-14-5-3-13(4-6-14)17(23)16(21-11-19-10-20-21)9-12-1-7-15(8-2-12)22(24)25/h1-8,10-11,16H,9H2. The maximum absolute atomic E-state index is 12.9. The number of carbonyl (C=O) groups is 1. The topological polar surface area (TPSA) is 90.9 Å². The molecule has 1 aromatic heterocycles. The lowest BCUT2D eigenvalue weighted by atomic mass is 9.97.